The van der Waals surface area contributed by atoms with E-state index in [2.05, 4.69) is 15.3 Å². The summed E-state index contributed by atoms with van der Waals surface area (Å²) in [4.78, 5) is 40.9. The highest BCUT2D eigenvalue weighted by Gasteiger charge is 2.31. The van der Waals surface area contributed by atoms with Gasteiger partial charge in [-0.15, -0.1) is 0 Å². The molecule has 9 nitrogen and oxygen atoms in total. The van der Waals surface area contributed by atoms with Crippen LogP contribution in [-0.4, -0.2) is 39.8 Å². The molecule has 0 radical (unpaired) electrons. The molecule has 1 aromatic rings. The summed E-state index contributed by atoms with van der Waals surface area (Å²) in [5.41, 5.74) is -0.526. The van der Waals surface area contributed by atoms with Crippen LogP contribution in [0.4, 0.5) is 11.5 Å². The van der Waals surface area contributed by atoms with Crippen LogP contribution in [0.25, 0.3) is 0 Å². The molecule has 0 saturated carbocycles. The standard InChI is InChI=1S/C8H6ClN5O4/c9-7-6(14(17)18)8(11-3-10-7)13-1-4(15)12-5(16)2-13/h3H,1-2H2,(H,12,15,16). The molecular weight excluding hydrogens is 266 g/mol. The number of anilines is 1. The quantitative estimate of drug-likeness (QED) is 0.333. The summed E-state index contributed by atoms with van der Waals surface area (Å²) in [7, 11) is 0. The predicted octanol–water partition coefficient (Wildman–Crippen LogP) is -0.499. The third kappa shape index (κ3) is 2.20. The summed E-state index contributed by atoms with van der Waals surface area (Å²) in [5.74, 6) is -1.27. The normalized spacial score (nSPS) is 15.5. The van der Waals surface area contributed by atoms with Crippen LogP contribution in [0.3, 0.4) is 0 Å². The van der Waals surface area contributed by atoms with E-state index < -0.39 is 22.4 Å². The van der Waals surface area contributed by atoms with Gasteiger partial charge >= 0.3 is 5.69 Å². The Labute approximate surface area is 105 Å². The van der Waals surface area contributed by atoms with Crippen LogP contribution in [0.1, 0.15) is 0 Å². The SMILES string of the molecule is O=C1CN(c2ncnc(Cl)c2[N+](=O)[O-])CC(=O)N1. The van der Waals surface area contributed by atoms with Crippen LogP contribution in [-0.2, 0) is 9.59 Å². The van der Waals surface area contributed by atoms with Crippen molar-refractivity contribution >= 4 is 34.9 Å². The minimum Gasteiger partial charge on any atom is -0.332 e. The number of nitrogens with one attached hydrogen (secondary N) is 1. The molecule has 94 valence electrons. The molecule has 0 spiro atoms. The van der Waals surface area contributed by atoms with E-state index in [-0.39, 0.29) is 24.1 Å². The van der Waals surface area contributed by atoms with Crippen molar-refractivity contribution in [1.29, 1.82) is 0 Å². The highest BCUT2D eigenvalue weighted by Crippen LogP contribution is 2.31. The van der Waals surface area contributed by atoms with Crippen LogP contribution < -0.4 is 10.2 Å². The van der Waals surface area contributed by atoms with E-state index in [4.69, 9.17) is 11.6 Å². The first-order chi connectivity index (χ1) is 8.49. The van der Waals surface area contributed by atoms with E-state index in [1.807, 2.05) is 0 Å². The molecule has 2 amide bonds. The highest BCUT2D eigenvalue weighted by molar-refractivity contribution is 6.31. The lowest BCUT2D eigenvalue weighted by Gasteiger charge is -2.25. The van der Waals surface area contributed by atoms with Gasteiger partial charge in [0.25, 0.3) is 0 Å². The fourth-order valence-corrected chi connectivity index (χ4v) is 1.72. The molecule has 18 heavy (non-hydrogen) atoms. The van der Waals surface area contributed by atoms with Crippen molar-refractivity contribution in [2.45, 2.75) is 0 Å². The lowest BCUT2D eigenvalue weighted by atomic mass is 10.3. The van der Waals surface area contributed by atoms with E-state index in [1.165, 1.54) is 4.90 Å². The topological polar surface area (TPSA) is 118 Å². The summed E-state index contributed by atoms with van der Waals surface area (Å²) in [6, 6.07) is 0. The van der Waals surface area contributed by atoms with Crippen LogP contribution in [0.15, 0.2) is 6.33 Å². The zero-order valence-electron chi connectivity index (χ0n) is 8.79. The molecule has 1 aliphatic heterocycles. The monoisotopic (exact) mass is 271 g/mol. The van der Waals surface area contributed by atoms with Crippen molar-refractivity contribution in [3.63, 3.8) is 0 Å². The van der Waals surface area contributed by atoms with Gasteiger partial charge in [0.1, 0.15) is 6.33 Å². The van der Waals surface area contributed by atoms with Gasteiger partial charge < -0.3 is 4.90 Å². The first kappa shape index (κ1) is 12.2. The van der Waals surface area contributed by atoms with E-state index >= 15 is 0 Å². The number of piperazine rings is 1. The van der Waals surface area contributed by atoms with Gasteiger partial charge in [-0.25, -0.2) is 9.97 Å². The molecule has 1 N–H and O–H groups in total. The first-order valence-electron chi connectivity index (χ1n) is 4.71. The van der Waals surface area contributed by atoms with E-state index in [0.29, 0.717) is 0 Å². The number of aromatic nitrogens is 2. The maximum atomic E-state index is 11.2. The van der Waals surface area contributed by atoms with E-state index in [1.54, 1.807) is 0 Å². The highest BCUT2D eigenvalue weighted by atomic mass is 35.5. The molecular formula is C8H6ClN5O4. The zero-order chi connectivity index (χ0) is 13.3. The molecule has 0 unspecified atom stereocenters. The second-order valence-corrected chi connectivity index (χ2v) is 3.78. The first-order valence-corrected chi connectivity index (χ1v) is 5.09. The van der Waals surface area contributed by atoms with Gasteiger partial charge in [0.2, 0.25) is 22.8 Å². The number of nitrogens with zero attached hydrogens (tertiary/aromatic N) is 4. The summed E-state index contributed by atoms with van der Waals surface area (Å²) in [6.45, 7) is -0.417. The summed E-state index contributed by atoms with van der Waals surface area (Å²) < 4.78 is 0. The van der Waals surface area contributed by atoms with Crippen LogP contribution in [0, 0.1) is 10.1 Å². The number of imide groups is 1. The van der Waals surface area contributed by atoms with Crippen molar-refractivity contribution in [2.75, 3.05) is 18.0 Å². The molecule has 10 heteroatoms. The van der Waals surface area contributed by atoms with Crippen LogP contribution in [0.2, 0.25) is 5.15 Å². The van der Waals surface area contributed by atoms with Crippen LogP contribution in [0.5, 0.6) is 0 Å². The number of carbonyl (C=O) groups is 2. The smallest absolute Gasteiger partial charge is 0.332 e. The molecule has 1 fully saturated rings. The Morgan fingerprint density at radius 2 is 1.94 bits per heavy atom. The minimum absolute atomic E-state index is 0.150. The molecule has 0 bridgehead atoms. The average molecular weight is 272 g/mol. The minimum atomic E-state index is -0.755. The predicted molar refractivity (Wildman–Crippen MR) is 59.1 cm³/mol. The fraction of sp³-hybridized carbons (Fsp3) is 0.250. The number of rotatable bonds is 2. The third-order valence-corrected chi connectivity index (χ3v) is 2.46. The van der Waals surface area contributed by atoms with E-state index in [9.17, 15) is 19.7 Å². The number of carbonyl (C=O) groups excluding carboxylic acids is 2. The summed E-state index contributed by atoms with van der Waals surface area (Å²) in [6.07, 6.45) is 1.03. The van der Waals surface area contributed by atoms with Gasteiger partial charge in [-0.3, -0.25) is 25.0 Å². The molecule has 0 aromatic carbocycles. The molecule has 2 heterocycles. The number of amides is 2. The van der Waals surface area contributed by atoms with Gasteiger partial charge in [0.15, 0.2) is 0 Å². The molecule has 0 aliphatic carbocycles. The summed E-state index contributed by atoms with van der Waals surface area (Å²) in [5, 5.41) is 12.6. The Balaban J connectivity index is 2.44. The third-order valence-electron chi connectivity index (χ3n) is 2.19. The molecule has 0 atom stereocenters. The van der Waals surface area contributed by atoms with Gasteiger partial charge in [0.05, 0.1) is 18.0 Å². The van der Waals surface area contributed by atoms with Gasteiger partial charge in [-0.2, -0.15) is 0 Å². The van der Waals surface area contributed by atoms with Crippen molar-refractivity contribution in [1.82, 2.24) is 15.3 Å². The largest absolute Gasteiger partial charge is 0.348 e. The van der Waals surface area contributed by atoms with Crippen molar-refractivity contribution in [3.05, 3.63) is 21.6 Å². The Morgan fingerprint density at radius 3 is 2.50 bits per heavy atom. The Hall–Kier alpha value is -2.29. The maximum absolute atomic E-state index is 11.2. The van der Waals surface area contributed by atoms with Crippen molar-refractivity contribution < 1.29 is 14.5 Å². The molecule has 1 aromatic heterocycles. The number of halogens is 1. The fourth-order valence-electron chi connectivity index (χ4n) is 1.52. The Kier molecular flexibility index (Phi) is 3.06. The number of hydrogen-bond acceptors (Lipinski definition) is 7. The number of nitro groups is 1. The zero-order valence-corrected chi connectivity index (χ0v) is 9.55. The molecule has 1 saturated heterocycles. The molecule has 1 aliphatic rings. The summed E-state index contributed by atoms with van der Waals surface area (Å²) >= 11 is 5.61. The van der Waals surface area contributed by atoms with Gasteiger partial charge in [-0.05, 0) is 0 Å². The van der Waals surface area contributed by atoms with Crippen molar-refractivity contribution in [2.24, 2.45) is 0 Å². The van der Waals surface area contributed by atoms with Crippen LogP contribution >= 0.6 is 11.6 Å². The second-order valence-electron chi connectivity index (χ2n) is 3.42. The average Bonchev–Trinajstić information content (AvgIpc) is 2.26. The van der Waals surface area contributed by atoms with Gasteiger partial charge in [0, 0.05) is 0 Å². The number of hydrogen-bond donors (Lipinski definition) is 1. The van der Waals surface area contributed by atoms with E-state index in [0.717, 1.165) is 6.33 Å². The maximum Gasteiger partial charge on any atom is 0.348 e. The molecule has 2 rings (SSSR count). The lowest BCUT2D eigenvalue weighted by Crippen LogP contribution is -2.51. The Morgan fingerprint density at radius 1 is 1.33 bits per heavy atom. The Bertz CT molecular complexity index is 532. The van der Waals surface area contributed by atoms with Crippen molar-refractivity contribution in [3.8, 4) is 0 Å². The lowest BCUT2D eigenvalue weighted by molar-refractivity contribution is -0.384. The second kappa shape index (κ2) is 4.53. The van der Waals surface area contributed by atoms with Gasteiger partial charge in [-0.1, -0.05) is 11.6 Å².